The third kappa shape index (κ3) is 3.23. The maximum atomic E-state index is 13.5. The predicted octanol–water partition coefficient (Wildman–Crippen LogP) is 3.28. The Hall–Kier alpha value is -1.04. The van der Waals surface area contributed by atoms with Gasteiger partial charge in [-0.2, -0.15) is 0 Å². The fourth-order valence-electron chi connectivity index (χ4n) is 1.32. The van der Waals surface area contributed by atoms with E-state index in [1.807, 2.05) is 0 Å². The van der Waals surface area contributed by atoms with Crippen molar-refractivity contribution in [1.29, 1.82) is 0 Å². The van der Waals surface area contributed by atoms with Crippen LogP contribution in [0.5, 0.6) is 0 Å². The van der Waals surface area contributed by atoms with Crippen LogP contribution in [0.1, 0.15) is 31.4 Å². The maximum absolute atomic E-state index is 13.5. The van der Waals surface area contributed by atoms with Crippen LogP contribution in [0.25, 0.3) is 0 Å². The number of hydrogen-bond donors (Lipinski definition) is 1. The van der Waals surface area contributed by atoms with Crippen LogP contribution < -0.4 is 5.73 Å². The SMILES string of the molecule is CC#CCCC(N)c1cccc(Cl)c1F. The highest BCUT2D eigenvalue weighted by Gasteiger charge is 2.12. The van der Waals surface area contributed by atoms with Crippen LogP contribution in [0.3, 0.4) is 0 Å². The topological polar surface area (TPSA) is 26.0 Å². The van der Waals surface area contributed by atoms with Crippen molar-refractivity contribution in [1.82, 2.24) is 0 Å². The summed E-state index contributed by atoms with van der Waals surface area (Å²) < 4.78 is 13.5. The number of rotatable bonds is 3. The first kappa shape index (κ1) is 12.0. The van der Waals surface area contributed by atoms with Crippen molar-refractivity contribution in [2.24, 2.45) is 5.73 Å². The highest BCUT2D eigenvalue weighted by molar-refractivity contribution is 6.30. The van der Waals surface area contributed by atoms with Gasteiger partial charge in [0.15, 0.2) is 0 Å². The zero-order valence-electron chi connectivity index (χ0n) is 8.56. The van der Waals surface area contributed by atoms with E-state index in [1.165, 1.54) is 6.07 Å². The summed E-state index contributed by atoms with van der Waals surface area (Å²) in [6.07, 6.45) is 1.31. The van der Waals surface area contributed by atoms with Gasteiger partial charge in [-0.05, 0) is 19.4 Å². The molecule has 0 saturated heterocycles. The summed E-state index contributed by atoms with van der Waals surface area (Å²) in [6, 6.07) is 4.53. The van der Waals surface area contributed by atoms with Gasteiger partial charge in [0.25, 0.3) is 0 Å². The summed E-state index contributed by atoms with van der Waals surface area (Å²) in [5.74, 6) is 5.25. The Labute approximate surface area is 94.4 Å². The molecule has 0 aromatic heterocycles. The quantitative estimate of drug-likeness (QED) is 0.785. The van der Waals surface area contributed by atoms with Crippen molar-refractivity contribution in [2.45, 2.75) is 25.8 Å². The second kappa shape index (κ2) is 5.75. The van der Waals surface area contributed by atoms with Crippen molar-refractivity contribution >= 4 is 11.6 Å². The second-order valence-corrected chi connectivity index (χ2v) is 3.62. The van der Waals surface area contributed by atoms with E-state index in [4.69, 9.17) is 17.3 Å². The summed E-state index contributed by atoms with van der Waals surface area (Å²) in [4.78, 5) is 0. The average molecular weight is 226 g/mol. The van der Waals surface area contributed by atoms with Crippen LogP contribution in [-0.4, -0.2) is 0 Å². The molecule has 1 unspecified atom stereocenters. The first-order valence-corrected chi connectivity index (χ1v) is 5.13. The molecule has 2 N–H and O–H groups in total. The van der Waals surface area contributed by atoms with Crippen molar-refractivity contribution < 1.29 is 4.39 Å². The Balaban J connectivity index is 2.76. The van der Waals surface area contributed by atoms with E-state index in [0.29, 0.717) is 18.4 Å². The Kier molecular flexibility index (Phi) is 4.61. The van der Waals surface area contributed by atoms with Crippen molar-refractivity contribution in [2.75, 3.05) is 0 Å². The Bertz CT molecular complexity index is 392. The smallest absolute Gasteiger partial charge is 0.146 e. The minimum absolute atomic E-state index is 0.115. The van der Waals surface area contributed by atoms with Crippen LogP contribution in [-0.2, 0) is 0 Å². The van der Waals surface area contributed by atoms with Crippen LogP contribution in [0.15, 0.2) is 18.2 Å². The van der Waals surface area contributed by atoms with Crippen LogP contribution >= 0.6 is 11.6 Å². The van der Waals surface area contributed by atoms with Gasteiger partial charge in [-0.15, -0.1) is 11.8 Å². The Morgan fingerprint density at radius 2 is 2.27 bits per heavy atom. The summed E-state index contributed by atoms with van der Waals surface area (Å²) in [5, 5.41) is 0.115. The molecule has 0 bridgehead atoms. The molecule has 80 valence electrons. The van der Waals surface area contributed by atoms with Gasteiger partial charge in [0.1, 0.15) is 5.82 Å². The third-order valence-electron chi connectivity index (χ3n) is 2.14. The van der Waals surface area contributed by atoms with E-state index in [2.05, 4.69) is 11.8 Å². The third-order valence-corrected chi connectivity index (χ3v) is 2.43. The monoisotopic (exact) mass is 225 g/mol. The van der Waals surface area contributed by atoms with E-state index in [1.54, 1.807) is 19.1 Å². The van der Waals surface area contributed by atoms with Gasteiger partial charge in [-0.1, -0.05) is 23.7 Å². The van der Waals surface area contributed by atoms with Gasteiger partial charge in [0, 0.05) is 18.0 Å². The Morgan fingerprint density at radius 3 is 2.93 bits per heavy atom. The van der Waals surface area contributed by atoms with Crippen LogP contribution in [0.2, 0.25) is 5.02 Å². The van der Waals surface area contributed by atoms with Gasteiger partial charge in [0.05, 0.1) is 5.02 Å². The number of hydrogen-bond acceptors (Lipinski definition) is 1. The highest BCUT2D eigenvalue weighted by Crippen LogP contribution is 2.24. The lowest BCUT2D eigenvalue weighted by atomic mass is 10.0. The molecule has 0 heterocycles. The van der Waals surface area contributed by atoms with E-state index in [-0.39, 0.29) is 11.1 Å². The molecule has 0 saturated carbocycles. The number of nitrogens with two attached hydrogens (primary N) is 1. The van der Waals surface area contributed by atoms with Crippen molar-refractivity contribution in [3.05, 3.63) is 34.6 Å². The average Bonchev–Trinajstić information content (AvgIpc) is 2.22. The zero-order chi connectivity index (χ0) is 11.3. The fraction of sp³-hybridized carbons (Fsp3) is 0.333. The summed E-state index contributed by atoms with van der Waals surface area (Å²) in [7, 11) is 0. The normalized spacial score (nSPS) is 11.7. The van der Waals surface area contributed by atoms with Gasteiger partial charge in [0.2, 0.25) is 0 Å². The minimum atomic E-state index is -0.420. The molecule has 0 aliphatic heterocycles. The maximum Gasteiger partial charge on any atom is 0.146 e. The van der Waals surface area contributed by atoms with E-state index in [9.17, 15) is 4.39 Å². The zero-order valence-corrected chi connectivity index (χ0v) is 9.31. The lowest BCUT2D eigenvalue weighted by Gasteiger charge is -2.11. The molecule has 1 rings (SSSR count). The highest BCUT2D eigenvalue weighted by atomic mass is 35.5. The van der Waals surface area contributed by atoms with Crippen molar-refractivity contribution in [3.63, 3.8) is 0 Å². The van der Waals surface area contributed by atoms with Gasteiger partial charge in [-0.3, -0.25) is 0 Å². The first-order chi connectivity index (χ1) is 7.16. The Morgan fingerprint density at radius 1 is 1.53 bits per heavy atom. The van der Waals surface area contributed by atoms with E-state index >= 15 is 0 Å². The largest absolute Gasteiger partial charge is 0.324 e. The van der Waals surface area contributed by atoms with Crippen molar-refractivity contribution in [3.8, 4) is 11.8 Å². The molecule has 1 aromatic rings. The number of benzene rings is 1. The first-order valence-electron chi connectivity index (χ1n) is 4.76. The van der Waals surface area contributed by atoms with Crippen LogP contribution in [0, 0.1) is 17.7 Å². The molecule has 0 radical (unpaired) electrons. The minimum Gasteiger partial charge on any atom is -0.324 e. The second-order valence-electron chi connectivity index (χ2n) is 3.21. The van der Waals surface area contributed by atoms with Gasteiger partial charge in [-0.25, -0.2) is 4.39 Å². The molecule has 0 aliphatic carbocycles. The lowest BCUT2D eigenvalue weighted by molar-refractivity contribution is 0.568. The molecule has 1 aromatic carbocycles. The predicted molar refractivity (Wildman–Crippen MR) is 61.0 cm³/mol. The van der Waals surface area contributed by atoms with E-state index < -0.39 is 5.82 Å². The molecule has 15 heavy (non-hydrogen) atoms. The number of halogens is 2. The van der Waals surface area contributed by atoms with E-state index in [0.717, 1.165) is 0 Å². The van der Waals surface area contributed by atoms with Gasteiger partial charge < -0.3 is 5.73 Å². The molecule has 0 fully saturated rings. The lowest BCUT2D eigenvalue weighted by Crippen LogP contribution is -2.11. The summed E-state index contributed by atoms with van der Waals surface area (Å²) in [6.45, 7) is 1.77. The molecule has 0 aliphatic rings. The summed E-state index contributed by atoms with van der Waals surface area (Å²) >= 11 is 5.66. The van der Waals surface area contributed by atoms with Crippen LogP contribution in [0.4, 0.5) is 4.39 Å². The molecule has 0 spiro atoms. The molecule has 3 heteroatoms. The molecular formula is C12H13ClFN. The molecule has 0 amide bonds. The molecule has 1 nitrogen and oxygen atoms in total. The van der Waals surface area contributed by atoms with Gasteiger partial charge >= 0.3 is 0 Å². The standard InChI is InChI=1S/C12H13ClFN/c1-2-3-4-8-11(15)9-6-5-7-10(13)12(9)14/h5-7,11H,4,8,15H2,1H3. The molecule has 1 atom stereocenters. The fourth-order valence-corrected chi connectivity index (χ4v) is 1.50. The molecular weight excluding hydrogens is 213 g/mol. The summed E-state index contributed by atoms with van der Waals surface area (Å²) in [5.41, 5.74) is 6.30.